The monoisotopic (exact) mass is 298 g/mol. The van der Waals surface area contributed by atoms with Crippen LogP contribution >= 0.6 is 0 Å². The first-order valence-electron chi connectivity index (χ1n) is 7.87. The molecule has 2 rings (SSSR count). The molecule has 0 unspecified atom stereocenters. The van der Waals surface area contributed by atoms with E-state index < -0.39 is 11.6 Å². The lowest BCUT2D eigenvalue weighted by Crippen LogP contribution is -2.51. The molecule has 2 aliphatic carbocycles. The lowest BCUT2D eigenvalue weighted by atomic mass is 9.78. The van der Waals surface area contributed by atoms with Crippen molar-refractivity contribution in [2.24, 2.45) is 11.7 Å². The molecule has 0 aromatic heterocycles. The van der Waals surface area contributed by atoms with Gasteiger partial charge in [0.25, 0.3) is 0 Å². The van der Waals surface area contributed by atoms with Gasteiger partial charge in [0.15, 0.2) is 0 Å². The number of carbonyl (C=O) groups excluding carboxylic acids is 1. The largest absolute Gasteiger partial charge is 0.481 e. The smallest absolute Gasteiger partial charge is 0.306 e. The van der Waals surface area contributed by atoms with E-state index in [2.05, 4.69) is 0 Å². The van der Waals surface area contributed by atoms with Gasteiger partial charge in [-0.05, 0) is 38.5 Å². The van der Waals surface area contributed by atoms with Crippen molar-refractivity contribution in [1.29, 1.82) is 0 Å². The highest BCUT2D eigenvalue weighted by Gasteiger charge is 2.38. The standard InChI is InChI=1S/C15H26N2O4/c16-13(18)9-17(12-3-1-2-4-12)10-15(21)7-5-11(6-8-15)14(19)20/h11-12,21H,1-10H2,(H2,16,18)(H,19,20). The molecule has 0 aromatic rings. The Morgan fingerprint density at radius 2 is 1.71 bits per heavy atom. The van der Waals surface area contributed by atoms with Crippen LogP contribution in [0.1, 0.15) is 51.4 Å². The van der Waals surface area contributed by atoms with Gasteiger partial charge >= 0.3 is 5.97 Å². The van der Waals surface area contributed by atoms with Crippen molar-refractivity contribution in [3.63, 3.8) is 0 Å². The number of hydrogen-bond donors (Lipinski definition) is 3. The molecule has 120 valence electrons. The van der Waals surface area contributed by atoms with Gasteiger partial charge in [0.1, 0.15) is 0 Å². The summed E-state index contributed by atoms with van der Waals surface area (Å²) in [5.41, 5.74) is 4.45. The maximum atomic E-state index is 11.3. The van der Waals surface area contributed by atoms with E-state index in [9.17, 15) is 14.7 Å². The minimum absolute atomic E-state index is 0.176. The van der Waals surface area contributed by atoms with Gasteiger partial charge in [0.2, 0.25) is 5.91 Å². The first-order chi connectivity index (χ1) is 9.89. The molecule has 0 aromatic carbocycles. The number of nitrogens with zero attached hydrogens (tertiary/aromatic N) is 1. The number of aliphatic carboxylic acids is 1. The Bertz CT molecular complexity index is 385. The highest BCUT2D eigenvalue weighted by molar-refractivity contribution is 5.76. The molecule has 2 aliphatic rings. The minimum atomic E-state index is -0.885. The lowest BCUT2D eigenvalue weighted by Gasteiger charge is -2.40. The second kappa shape index (κ2) is 6.75. The fourth-order valence-electron chi connectivity index (χ4n) is 3.72. The third-order valence-corrected chi connectivity index (χ3v) is 4.96. The topological polar surface area (TPSA) is 104 Å². The number of aliphatic hydroxyl groups is 1. The molecule has 21 heavy (non-hydrogen) atoms. The highest BCUT2D eigenvalue weighted by atomic mass is 16.4. The normalized spacial score (nSPS) is 30.7. The molecule has 0 atom stereocenters. The zero-order valence-corrected chi connectivity index (χ0v) is 12.5. The summed E-state index contributed by atoms with van der Waals surface area (Å²) in [6, 6.07) is 0.318. The summed E-state index contributed by atoms with van der Waals surface area (Å²) in [7, 11) is 0. The Morgan fingerprint density at radius 3 is 2.19 bits per heavy atom. The molecule has 0 aliphatic heterocycles. The quantitative estimate of drug-likeness (QED) is 0.670. The van der Waals surface area contributed by atoms with Crippen LogP contribution in [0.15, 0.2) is 0 Å². The average molecular weight is 298 g/mol. The van der Waals surface area contributed by atoms with Crippen molar-refractivity contribution in [2.75, 3.05) is 13.1 Å². The van der Waals surface area contributed by atoms with Crippen LogP contribution in [0.4, 0.5) is 0 Å². The lowest BCUT2D eigenvalue weighted by molar-refractivity contribution is -0.145. The van der Waals surface area contributed by atoms with Gasteiger partial charge in [-0.2, -0.15) is 0 Å². The predicted octanol–water partition coefficient (Wildman–Crippen LogP) is 0.722. The zero-order valence-electron chi connectivity index (χ0n) is 12.5. The number of hydrogen-bond acceptors (Lipinski definition) is 4. The van der Waals surface area contributed by atoms with E-state index in [0.29, 0.717) is 38.3 Å². The van der Waals surface area contributed by atoms with Crippen molar-refractivity contribution in [1.82, 2.24) is 4.90 Å². The van der Waals surface area contributed by atoms with Gasteiger partial charge in [0, 0.05) is 12.6 Å². The summed E-state index contributed by atoms with van der Waals surface area (Å²) >= 11 is 0. The van der Waals surface area contributed by atoms with E-state index in [1.54, 1.807) is 0 Å². The third kappa shape index (κ3) is 4.41. The molecule has 4 N–H and O–H groups in total. The molecule has 0 saturated heterocycles. The number of rotatable bonds is 6. The van der Waals surface area contributed by atoms with Gasteiger partial charge in [-0.1, -0.05) is 12.8 Å². The third-order valence-electron chi connectivity index (χ3n) is 4.96. The Labute approximate surface area is 125 Å². The maximum Gasteiger partial charge on any atom is 0.306 e. The number of nitrogens with two attached hydrogens (primary N) is 1. The SMILES string of the molecule is NC(=O)CN(CC1(O)CCC(C(=O)O)CC1)C1CCCC1. The van der Waals surface area contributed by atoms with E-state index >= 15 is 0 Å². The Hall–Kier alpha value is -1.14. The molecule has 6 heteroatoms. The van der Waals surface area contributed by atoms with E-state index in [1.807, 2.05) is 4.90 Å². The van der Waals surface area contributed by atoms with Gasteiger partial charge in [-0.15, -0.1) is 0 Å². The van der Waals surface area contributed by atoms with Gasteiger partial charge in [-0.3, -0.25) is 14.5 Å². The Morgan fingerprint density at radius 1 is 1.14 bits per heavy atom. The van der Waals surface area contributed by atoms with Gasteiger partial charge < -0.3 is 15.9 Å². The average Bonchev–Trinajstić information content (AvgIpc) is 2.91. The van der Waals surface area contributed by atoms with Crippen LogP contribution in [0.25, 0.3) is 0 Å². The summed E-state index contributed by atoms with van der Waals surface area (Å²) in [5.74, 6) is -1.49. The number of amides is 1. The Balaban J connectivity index is 1.95. The van der Waals surface area contributed by atoms with Crippen molar-refractivity contribution in [3.05, 3.63) is 0 Å². The molecule has 2 saturated carbocycles. The molecular formula is C15H26N2O4. The van der Waals surface area contributed by atoms with Crippen LogP contribution in [0, 0.1) is 5.92 Å². The van der Waals surface area contributed by atoms with E-state index in [-0.39, 0.29) is 18.4 Å². The fourth-order valence-corrected chi connectivity index (χ4v) is 3.72. The molecular weight excluding hydrogens is 272 g/mol. The minimum Gasteiger partial charge on any atom is -0.481 e. The van der Waals surface area contributed by atoms with Crippen molar-refractivity contribution in [2.45, 2.75) is 63.0 Å². The van der Waals surface area contributed by atoms with Crippen LogP contribution in [0.3, 0.4) is 0 Å². The summed E-state index contributed by atoms with van der Waals surface area (Å²) in [6.07, 6.45) is 6.35. The van der Waals surface area contributed by atoms with Gasteiger partial charge in [-0.25, -0.2) is 0 Å². The molecule has 2 fully saturated rings. The molecule has 0 spiro atoms. The number of carboxylic acid groups (broad SMARTS) is 1. The second-order valence-electron chi connectivity index (χ2n) is 6.65. The summed E-state index contributed by atoms with van der Waals surface area (Å²) < 4.78 is 0. The Kier molecular flexibility index (Phi) is 5.22. The van der Waals surface area contributed by atoms with E-state index in [4.69, 9.17) is 10.8 Å². The fraction of sp³-hybridized carbons (Fsp3) is 0.867. The number of carboxylic acids is 1. The first kappa shape index (κ1) is 16.2. The van der Waals surface area contributed by atoms with Crippen molar-refractivity contribution >= 4 is 11.9 Å². The summed E-state index contributed by atoms with van der Waals surface area (Å²) in [5, 5.41) is 19.8. The molecule has 0 heterocycles. The second-order valence-corrected chi connectivity index (χ2v) is 6.65. The predicted molar refractivity (Wildman–Crippen MR) is 77.6 cm³/mol. The molecule has 0 radical (unpaired) electrons. The number of primary amides is 1. The van der Waals surface area contributed by atoms with Crippen molar-refractivity contribution < 1.29 is 19.8 Å². The maximum absolute atomic E-state index is 11.3. The van der Waals surface area contributed by atoms with Crippen LogP contribution in [-0.4, -0.2) is 51.7 Å². The van der Waals surface area contributed by atoms with Crippen LogP contribution < -0.4 is 5.73 Å². The van der Waals surface area contributed by atoms with Gasteiger partial charge in [0.05, 0.1) is 18.1 Å². The van der Waals surface area contributed by atoms with Crippen LogP contribution in [-0.2, 0) is 9.59 Å². The highest BCUT2D eigenvalue weighted by Crippen LogP contribution is 2.34. The van der Waals surface area contributed by atoms with E-state index in [1.165, 1.54) is 0 Å². The first-order valence-corrected chi connectivity index (χ1v) is 7.87. The van der Waals surface area contributed by atoms with Crippen LogP contribution in [0.5, 0.6) is 0 Å². The summed E-state index contributed by atoms with van der Waals surface area (Å²) in [6.45, 7) is 0.599. The molecule has 1 amide bonds. The zero-order chi connectivity index (χ0) is 15.5. The summed E-state index contributed by atoms with van der Waals surface area (Å²) in [4.78, 5) is 24.3. The van der Waals surface area contributed by atoms with Crippen LogP contribution in [0.2, 0.25) is 0 Å². The van der Waals surface area contributed by atoms with Crippen molar-refractivity contribution in [3.8, 4) is 0 Å². The molecule has 0 bridgehead atoms. The number of carbonyl (C=O) groups is 2. The molecule has 6 nitrogen and oxygen atoms in total. The van der Waals surface area contributed by atoms with E-state index in [0.717, 1.165) is 25.7 Å².